The number of aromatic amines is 1. The Bertz CT molecular complexity index is 1110. The Balaban J connectivity index is 0.000000280. The van der Waals surface area contributed by atoms with Crippen molar-refractivity contribution in [3.8, 4) is 5.69 Å². The highest BCUT2D eigenvalue weighted by Crippen LogP contribution is 2.19. The van der Waals surface area contributed by atoms with Gasteiger partial charge >= 0.3 is 0 Å². The van der Waals surface area contributed by atoms with Crippen molar-refractivity contribution in [3.05, 3.63) is 77.0 Å². The van der Waals surface area contributed by atoms with Crippen LogP contribution in [0.1, 0.15) is 72.0 Å². The summed E-state index contributed by atoms with van der Waals surface area (Å²) >= 11 is 5.42. The number of H-pyrrole nitrogens is 1. The molecule has 1 aromatic heterocycles. The minimum absolute atomic E-state index is 0. The molecule has 208 valence electrons. The monoisotopic (exact) mass is 535 g/mol. The summed E-state index contributed by atoms with van der Waals surface area (Å²) in [6.45, 7) is 7.55. The van der Waals surface area contributed by atoms with Crippen molar-refractivity contribution in [3.63, 3.8) is 0 Å². The van der Waals surface area contributed by atoms with E-state index in [1.165, 1.54) is 50.6 Å². The minimum Gasteiger partial charge on any atom is -0.378 e. The summed E-state index contributed by atoms with van der Waals surface area (Å²) in [5, 5.41) is 7.38. The first-order chi connectivity index (χ1) is 18.0. The maximum Gasteiger partial charge on any atom is 0.199 e. The highest BCUT2D eigenvalue weighted by molar-refractivity contribution is 7.71. The Hall–Kier alpha value is -2.66. The third-order valence-corrected chi connectivity index (χ3v) is 7.24. The van der Waals surface area contributed by atoms with Crippen molar-refractivity contribution in [2.45, 2.75) is 72.8 Å². The van der Waals surface area contributed by atoms with Gasteiger partial charge in [-0.25, -0.2) is 0 Å². The van der Waals surface area contributed by atoms with E-state index in [1.807, 2.05) is 18.7 Å². The van der Waals surface area contributed by atoms with Crippen molar-refractivity contribution in [2.24, 2.45) is 11.8 Å². The van der Waals surface area contributed by atoms with E-state index in [9.17, 15) is 0 Å². The highest BCUT2D eigenvalue weighted by atomic mass is 32.1. The second-order valence-electron chi connectivity index (χ2n) is 10.4. The van der Waals surface area contributed by atoms with Gasteiger partial charge in [-0.15, -0.1) is 5.73 Å². The van der Waals surface area contributed by atoms with Crippen molar-refractivity contribution in [1.29, 1.82) is 0 Å². The molecule has 0 bridgehead atoms. The lowest BCUT2D eigenvalue weighted by molar-refractivity contribution is 0.214. The Kier molecular flexibility index (Phi) is 14.1. The van der Waals surface area contributed by atoms with Gasteiger partial charge in [0, 0.05) is 25.5 Å². The van der Waals surface area contributed by atoms with Gasteiger partial charge < -0.3 is 4.90 Å². The zero-order valence-electron chi connectivity index (χ0n) is 23.2. The number of nitrogens with one attached hydrogen (secondary N) is 1. The van der Waals surface area contributed by atoms with Crippen LogP contribution in [-0.2, 0) is 6.54 Å². The zero-order chi connectivity index (χ0) is 26.5. The molecule has 2 atom stereocenters. The molecule has 1 aromatic carbocycles. The van der Waals surface area contributed by atoms with Crippen LogP contribution >= 0.6 is 12.2 Å². The van der Waals surface area contributed by atoms with Crippen molar-refractivity contribution in [2.75, 3.05) is 32.1 Å². The Morgan fingerprint density at radius 1 is 1.11 bits per heavy atom. The average Bonchev–Trinajstić information content (AvgIpc) is 3.56. The molecule has 5 nitrogen and oxygen atoms in total. The summed E-state index contributed by atoms with van der Waals surface area (Å²) in [5.41, 5.74) is 5.40. The Morgan fingerprint density at radius 2 is 1.82 bits per heavy atom. The molecule has 1 aliphatic carbocycles. The summed E-state index contributed by atoms with van der Waals surface area (Å²) in [4.78, 5) is 4.55. The lowest BCUT2D eigenvalue weighted by Crippen LogP contribution is -2.30. The number of allylic oxidation sites excluding steroid dienone is 5. The first kappa shape index (κ1) is 31.6. The fraction of sp³-hybridized carbons (Fsp3) is 0.531. The summed E-state index contributed by atoms with van der Waals surface area (Å²) in [6, 6.07) is 8.41. The topological polar surface area (TPSA) is 40.1 Å². The van der Waals surface area contributed by atoms with Gasteiger partial charge in [0.15, 0.2) is 4.77 Å². The number of nitrogens with zero attached hydrogens (tertiary/aromatic N) is 4. The van der Waals surface area contributed by atoms with Crippen molar-refractivity contribution >= 4 is 17.9 Å². The molecule has 1 fully saturated rings. The standard InChI is InChI=1S/C16H23N5S.C15H22.CH4/c1-19(2)13-6-8-14(9-7-13)21-15(17-18-16(21)22)12-20-10-4-3-5-11-20;1-3-4-9-14(2)10-5-6-11-15-12-7-8-13-15;/h6-9H,3-5,10-12H2,1-2H3,(H,18,22);3-7,13-15H,9-12H2,1-2H3;1H4/b;4-3-,6-5+;/t;14?,15-;/m.0./s1. The predicted molar refractivity (Wildman–Crippen MR) is 167 cm³/mol. The molecule has 2 heterocycles. The SMILES string of the molecule is C.C/C=C\CC(C)C/C=C/C[C@@H]1C=C=CC1.CN(C)c1ccc(-n2c(CN3CCCCC3)n[nH]c2=S)cc1. The minimum atomic E-state index is 0. The normalized spacial score (nSPS) is 17.9. The van der Waals surface area contributed by atoms with E-state index >= 15 is 0 Å². The molecule has 2 aromatic rings. The van der Waals surface area contributed by atoms with Crippen LogP contribution < -0.4 is 4.90 Å². The molecular formula is C32H49N5S. The van der Waals surface area contributed by atoms with Gasteiger partial charge in [-0.05, 0) is 119 Å². The molecular weight excluding hydrogens is 486 g/mol. The fourth-order valence-corrected chi connectivity index (χ4v) is 4.90. The average molecular weight is 536 g/mol. The van der Waals surface area contributed by atoms with Gasteiger partial charge in [-0.1, -0.05) is 45.1 Å². The number of aromatic nitrogens is 3. The molecule has 0 radical (unpaired) electrons. The Morgan fingerprint density at radius 3 is 2.45 bits per heavy atom. The van der Waals surface area contributed by atoms with Gasteiger partial charge in [-0.3, -0.25) is 14.6 Å². The van der Waals surface area contributed by atoms with Crippen LogP contribution in [0.2, 0.25) is 0 Å². The first-order valence-electron chi connectivity index (χ1n) is 13.8. The van der Waals surface area contributed by atoms with Crippen LogP contribution in [0.5, 0.6) is 0 Å². The molecule has 2 aliphatic rings. The third kappa shape index (κ3) is 10.2. The number of benzene rings is 1. The highest BCUT2D eigenvalue weighted by Gasteiger charge is 2.15. The zero-order valence-corrected chi connectivity index (χ0v) is 24.0. The molecule has 0 spiro atoms. The second kappa shape index (κ2) is 17.0. The summed E-state index contributed by atoms with van der Waals surface area (Å²) < 4.78 is 2.70. The van der Waals surface area contributed by atoms with E-state index < -0.39 is 0 Å². The molecule has 1 unspecified atom stereocenters. The molecule has 1 N–H and O–H groups in total. The number of hydrogen-bond acceptors (Lipinski definition) is 4. The van der Waals surface area contributed by atoms with Crippen LogP contribution in [0.4, 0.5) is 5.69 Å². The third-order valence-electron chi connectivity index (χ3n) is 6.97. The van der Waals surface area contributed by atoms with E-state index in [1.54, 1.807) is 0 Å². The molecule has 0 amide bonds. The summed E-state index contributed by atoms with van der Waals surface area (Å²) in [6.07, 6.45) is 22.0. The van der Waals surface area contributed by atoms with Crippen LogP contribution in [0.3, 0.4) is 0 Å². The maximum absolute atomic E-state index is 5.42. The molecule has 0 saturated carbocycles. The van der Waals surface area contributed by atoms with Gasteiger partial charge in [0.1, 0.15) is 5.82 Å². The fourth-order valence-electron chi connectivity index (χ4n) is 4.64. The first-order valence-corrected chi connectivity index (χ1v) is 14.2. The van der Waals surface area contributed by atoms with Gasteiger partial charge in [0.2, 0.25) is 0 Å². The van der Waals surface area contributed by atoms with E-state index in [4.69, 9.17) is 12.2 Å². The second-order valence-corrected chi connectivity index (χ2v) is 10.8. The number of rotatable bonds is 10. The molecule has 6 heteroatoms. The summed E-state index contributed by atoms with van der Waals surface area (Å²) in [5.74, 6) is 2.48. The predicted octanol–water partition coefficient (Wildman–Crippen LogP) is 8.27. The molecule has 38 heavy (non-hydrogen) atoms. The number of piperidine rings is 1. The van der Waals surface area contributed by atoms with E-state index in [-0.39, 0.29) is 7.43 Å². The lowest BCUT2D eigenvalue weighted by Gasteiger charge is -2.25. The Labute approximate surface area is 236 Å². The quantitative estimate of drug-likeness (QED) is 0.189. The molecule has 4 rings (SSSR count). The lowest BCUT2D eigenvalue weighted by atomic mass is 10.0. The van der Waals surface area contributed by atoms with Crippen molar-refractivity contribution < 1.29 is 0 Å². The molecule has 1 saturated heterocycles. The summed E-state index contributed by atoms with van der Waals surface area (Å²) in [7, 11) is 4.08. The van der Waals surface area contributed by atoms with E-state index in [2.05, 4.69) is 100 Å². The van der Waals surface area contributed by atoms with Gasteiger partial charge in [-0.2, -0.15) is 5.10 Å². The van der Waals surface area contributed by atoms with E-state index in [0.717, 1.165) is 37.1 Å². The van der Waals surface area contributed by atoms with E-state index in [0.29, 0.717) is 10.7 Å². The smallest absolute Gasteiger partial charge is 0.199 e. The van der Waals surface area contributed by atoms with Crippen LogP contribution in [-0.4, -0.2) is 46.8 Å². The maximum atomic E-state index is 5.42. The van der Waals surface area contributed by atoms with Crippen LogP contribution in [0.15, 0.2) is 66.5 Å². The van der Waals surface area contributed by atoms with Gasteiger partial charge in [0.05, 0.1) is 6.54 Å². The van der Waals surface area contributed by atoms with Gasteiger partial charge in [0.25, 0.3) is 0 Å². The van der Waals surface area contributed by atoms with Crippen LogP contribution in [0, 0.1) is 16.6 Å². The number of hydrogen-bond donors (Lipinski definition) is 1. The van der Waals surface area contributed by atoms with Crippen LogP contribution in [0.25, 0.3) is 5.69 Å². The largest absolute Gasteiger partial charge is 0.378 e. The molecule has 1 aliphatic heterocycles. The number of likely N-dealkylation sites (tertiary alicyclic amines) is 1. The number of anilines is 1. The van der Waals surface area contributed by atoms with Crippen molar-refractivity contribution in [1.82, 2.24) is 19.7 Å².